The van der Waals surface area contributed by atoms with Crippen molar-refractivity contribution in [2.45, 2.75) is 6.42 Å². The number of H-pyrrole nitrogens is 1. The molecule has 0 amide bonds. The number of fused-ring (bicyclic) bond motifs is 1. The molecule has 66 valence electrons. The lowest BCUT2D eigenvalue weighted by atomic mass is 10.2. The fourth-order valence-electron chi connectivity index (χ4n) is 1.38. The van der Waals surface area contributed by atoms with Crippen LogP contribution in [0, 0.1) is 0 Å². The summed E-state index contributed by atoms with van der Waals surface area (Å²) in [6.45, 7) is 0. The summed E-state index contributed by atoms with van der Waals surface area (Å²) in [6, 6.07) is 10.1. The molecule has 0 fully saturated rings. The maximum absolute atomic E-state index is 8.26. The number of aromatic amines is 1. The highest BCUT2D eigenvalue weighted by molar-refractivity contribution is 5.81. The van der Waals surface area contributed by atoms with E-state index in [2.05, 4.69) is 16.2 Å². The Kier molecular flexibility index (Phi) is 2.00. The zero-order valence-corrected chi connectivity index (χ0v) is 7.07. The molecule has 0 unspecified atom stereocenters. The number of hydrogen-bond donors (Lipinski definition) is 2. The first-order chi connectivity index (χ1) is 6.40. The summed E-state index contributed by atoms with van der Waals surface area (Å²) in [5.74, 6) is 0. The summed E-state index contributed by atoms with van der Waals surface area (Å²) in [7, 11) is 0. The van der Waals surface area contributed by atoms with Crippen LogP contribution >= 0.6 is 0 Å². The molecule has 1 aromatic carbocycles. The molecule has 3 nitrogen and oxygen atoms in total. The van der Waals surface area contributed by atoms with E-state index in [4.69, 9.17) is 5.21 Å². The Bertz CT molecular complexity index is 398. The average molecular weight is 174 g/mol. The van der Waals surface area contributed by atoms with Crippen LogP contribution in [0.1, 0.15) is 5.69 Å². The topological polar surface area (TPSA) is 48.4 Å². The predicted octanol–water partition coefficient (Wildman–Crippen LogP) is 2.17. The van der Waals surface area contributed by atoms with Crippen molar-refractivity contribution >= 4 is 17.1 Å². The first-order valence-electron chi connectivity index (χ1n) is 4.12. The number of aromatic nitrogens is 1. The number of nitrogens with zero attached hydrogens (tertiary/aromatic N) is 1. The fraction of sp³-hybridized carbons (Fsp3) is 0.100. The largest absolute Gasteiger partial charge is 0.411 e. The SMILES string of the molecule is ON=CCc1cc2ccccc2[nH]1. The maximum Gasteiger partial charge on any atom is 0.0494 e. The molecule has 0 spiro atoms. The molecule has 0 saturated heterocycles. The van der Waals surface area contributed by atoms with Gasteiger partial charge in [0.15, 0.2) is 0 Å². The number of nitrogens with one attached hydrogen (secondary N) is 1. The Labute approximate surface area is 75.7 Å². The van der Waals surface area contributed by atoms with E-state index in [0.29, 0.717) is 6.42 Å². The number of para-hydroxylation sites is 1. The summed E-state index contributed by atoms with van der Waals surface area (Å²) in [6.07, 6.45) is 2.09. The summed E-state index contributed by atoms with van der Waals surface area (Å²) in [5.41, 5.74) is 2.17. The van der Waals surface area contributed by atoms with E-state index in [1.807, 2.05) is 24.3 Å². The van der Waals surface area contributed by atoms with Crippen molar-refractivity contribution in [2.75, 3.05) is 0 Å². The first-order valence-corrected chi connectivity index (χ1v) is 4.12. The standard InChI is InChI=1S/C10H10N2O/c13-11-6-5-9-7-8-3-1-2-4-10(8)12-9/h1-4,6-7,12-13H,5H2. The first kappa shape index (κ1) is 7.86. The summed E-state index contributed by atoms with van der Waals surface area (Å²) in [4.78, 5) is 3.23. The highest BCUT2D eigenvalue weighted by Crippen LogP contribution is 2.14. The van der Waals surface area contributed by atoms with Gasteiger partial charge in [-0.05, 0) is 17.5 Å². The molecule has 1 aromatic heterocycles. The van der Waals surface area contributed by atoms with Gasteiger partial charge in [0, 0.05) is 23.8 Å². The highest BCUT2D eigenvalue weighted by Gasteiger charge is 1.97. The Morgan fingerprint density at radius 2 is 2.23 bits per heavy atom. The quantitative estimate of drug-likeness (QED) is 0.409. The molecular weight excluding hydrogens is 164 g/mol. The fourth-order valence-corrected chi connectivity index (χ4v) is 1.38. The van der Waals surface area contributed by atoms with Gasteiger partial charge >= 0.3 is 0 Å². The highest BCUT2D eigenvalue weighted by atomic mass is 16.4. The van der Waals surface area contributed by atoms with Gasteiger partial charge in [-0.25, -0.2) is 0 Å². The van der Waals surface area contributed by atoms with Gasteiger partial charge in [-0.2, -0.15) is 0 Å². The molecule has 0 aliphatic heterocycles. The molecule has 0 aliphatic rings. The van der Waals surface area contributed by atoms with E-state index >= 15 is 0 Å². The number of rotatable bonds is 2. The third-order valence-corrected chi connectivity index (χ3v) is 1.98. The lowest BCUT2D eigenvalue weighted by Gasteiger charge is -1.86. The lowest BCUT2D eigenvalue weighted by Crippen LogP contribution is -1.84. The van der Waals surface area contributed by atoms with Gasteiger partial charge < -0.3 is 10.2 Å². The van der Waals surface area contributed by atoms with Crippen molar-refractivity contribution in [3.8, 4) is 0 Å². The number of hydrogen-bond acceptors (Lipinski definition) is 2. The van der Waals surface area contributed by atoms with Gasteiger partial charge in [0.25, 0.3) is 0 Å². The van der Waals surface area contributed by atoms with Crippen molar-refractivity contribution in [1.29, 1.82) is 0 Å². The molecule has 0 bridgehead atoms. The molecule has 0 aliphatic carbocycles. The molecule has 2 N–H and O–H groups in total. The van der Waals surface area contributed by atoms with Crippen LogP contribution in [0.15, 0.2) is 35.5 Å². The molecule has 0 radical (unpaired) electrons. The average Bonchev–Trinajstić information content (AvgIpc) is 2.57. The van der Waals surface area contributed by atoms with Crippen molar-refractivity contribution in [2.24, 2.45) is 5.16 Å². The van der Waals surface area contributed by atoms with E-state index in [-0.39, 0.29) is 0 Å². The van der Waals surface area contributed by atoms with E-state index in [9.17, 15) is 0 Å². The van der Waals surface area contributed by atoms with Gasteiger partial charge in [-0.3, -0.25) is 0 Å². The minimum absolute atomic E-state index is 0.630. The van der Waals surface area contributed by atoms with Gasteiger partial charge in [0.1, 0.15) is 0 Å². The molecule has 0 atom stereocenters. The second kappa shape index (κ2) is 3.31. The molecule has 2 rings (SSSR count). The van der Waals surface area contributed by atoms with E-state index < -0.39 is 0 Å². The summed E-state index contributed by atoms with van der Waals surface area (Å²) in [5, 5.41) is 12.4. The third-order valence-electron chi connectivity index (χ3n) is 1.98. The van der Waals surface area contributed by atoms with Crippen molar-refractivity contribution in [3.05, 3.63) is 36.0 Å². The van der Waals surface area contributed by atoms with E-state index in [1.165, 1.54) is 11.6 Å². The van der Waals surface area contributed by atoms with Crippen LogP contribution in [0.25, 0.3) is 10.9 Å². The minimum Gasteiger partial charge on any atom is -0.411 e. The Morgan fingerprint density at radius 1 is 1.38 bits per heavy atom. The summed E-state index contributed by atoms with van der Waals surface area (Å²) < 4.78 is 0. The van der Waals surface area contributed by atoms with Crippen LogP contribution in [-0.4, -0.2) is 16.4 Å². The van der Waals surface area contributed by atoms with Crippen molar-refractivity contribution < 1.29 is 5.21 Å². The Balaban J connectivity index is 2.38. The second-order valence-electron chi connectivity index (χ2n) is 2.88. The van der Waals surface area contributed by atoms with Gasteiger partial charge in [-0.1, -0.05) is 18.2 Å². The zero-order chi connectivity index (χ0) is 9.10. The van der Waals surface area contributed by atoms with E-state index in [1.54, 1.807) is 0 Å². The normalized spacial score (nSPS) is 11.4. The zero-order valence-electron chi connectivity index (χ0n) is 7.07. The molecule has 0 saturated carbocycles. The van der Waals surface area contributed by atoms with Crippen LogP contribution < -0.4 is 0 Å². The van der Waals surface area contributed by atoms with Gasteiger partial charge in [0.2, 0.25) is 0 Å². The minimum atomic E-state index is 0.630. The Morgan fingerprint density at radius 3 is 3.00 bits per heavy atom. The van der Waals surface area contributed by atoms with Crippen LogP contribution in [-0.2, 0) is 6.42 Å². The molecule has 1 heterocycles. The van der Waals surface area contributed by atoms with Crippen molar-refractivity contribution in [1.82, 2.24) is 4.98 Å². The van der Waals surface area contributed by atoms with Crippen LogP contribution in [0.4, 0.5) is 0 Å². The second-order valence-corrected chi connectivity index (χ2v) is 2.88. The third kappa shape index (κ3) is 1.54. The number of benzene rings is 1. The van der Waals surface area contributed by atoms with Crippen molar-refractivity contribution in [3.63, 3.8) is 0 Å². The monoisotopic (exact) mass is 174 g/mol. The van der Waals surface area contributed by atoms with Crippen LogP contribution in [0.5, 0.6) is 0 Å². The summed E-state index contributed by atoms with van der Waals surface area (Å²) >= 11 is 0. The molecule has 2 aromatic rings. The Hall–Kier alpha value is -1.77. The molecule has 3 heteroatoms. The predicted molar refractivity (Wildman–Crippen MR) is 52.3 cm³/mol. The molecule has 13 heavy (non-hydrogen) atoms. The van der Waals surface area contributed by atoms with E-state index in [0.717, 1.165) is 11.2 Å². The maximum atomic E-state index is 8.26. The van der Waals surface area contributed by atoms with Crippen LogP contribution in [0.3, 0.4) is 0 Å². The smallest absolute Gasteiger partial charge is 0.0494 e. The number of oxime groups is 1. The lowest BCUT2D eigenvalue weighted by molar-refractivity contribution is 0.320. The van der Waals surface area contributed by atoms with Crippen LogP contribution in [0.2, 0.25) is 0 Å². The molecular formula is C10H10N2O. The van der Waals surface area contributed by atoms with Gasteiger partial charge in [-0.15, -0.1) is 5.16 Å². The van der Waals surface area contributed by atoms with Gasteiger partial charge in [0.05, 0.1) is 0 Å².